The maximum Gasteiger partial charge on any atom is 0.174 e. The SMILES string of the molecule is COc1ccc(C(=O)CC#Cc2ccccc2)cc1. The van der Waals surface area contributed by atoms with Gasteiger partial charge in [0, 0.05) is 11.1 Å². The topological polar surface area (TPSA) is 26.3 Å². The highest BCUT2D eigenvalue weighted by Crippen LogP contribution is 2.12. The summed E-state index contributed by atoms with van der Waals surface area (Å²) in [4.78, 5) is 11.9. The van der Waals surface area contributed by atoms with E-state index in [1.54, 1.807) is 31.4 Å². The minimum absolute atomic E-state index is 0.0195. The highest BCUT2D eigenvalue weighted by atomic mass is 16.5. The van der Waals surface area contributed by atoms with E-state index in [1.807, 2.05) is 30.3 Å². The van der Waals surface area contributed by atoms with Crippen LogP contribution in [0.3, 0.4) is 0 Å². The predicted molar refractivity (Wildman–Crippen MR) is 75.3 cm³/mol. The Hall–Kier alpha value is -2.53. The number of ether oxygens (including phenoxy) is 1. The largest absolute Gasteiger partial charge is 0.497 e. The van der Waals surface area contributed by atoms with Gasteiger partial charge < -0.3 is 4.74 Å². The van der Waals surface area contributed by atoms with Gasteiger partial charge >= 0.3 is 0 Å². The van der Waals surface area contributed by atoms with Crippen molar-refractivity contribution in [2.75, 3.05) is 7.11 Å². The van der Waals surface area contributed by atoms with E-state index < -0.39 is 0 Å². The minimum Gasteiger partial charge on any atom is -0.497 e. The zero-order valence-electron chi connectivity index (χ0n) is 10.7. The van der Waals surface area contributed by atoms with Crippen LogP contribution in [-0.2, 0) is 0 Å². The van der Waals surface area contributed by atoms with Crippen molar-refractivity contribution < 1.29 is 9.53 Å². The van der Waals surface area contributed by atoms with Crippen LogP contribution in [-0.4, -0.2) is 12.9 Å². The van der Waals surface area contributed by atoms with Crippen molar-refractivity contribution in [2.24, 2.45) is 0 Å². The van der Waals surface area contributed by atoms with Gasteiger partial charge in [0.15, 0.2) is 5.78 Å². The van der Waals surface area contributed by atoms with Crippen LogP contribution in [0.15, 0.2) is 54.6 Å². The summed E-state index contributed by atoms with van der Waals surface area (Å²) in [6.45, 7) is 0. The molecule has 19 heavy (non-hydrogen) atoms. The van der Waals surface area contributed by atoms with Crippen molar-refractivity contribution >= 4 is 5.78 Å². The summed E-state index contributed by atoms with van der Waals surface area (Å²) in [5.74, 6) is 6.63. The van der Waals surface area contributed by atoms with Crippen molar-refractivity contribution in [3.63, 3.8) is 0 Å². The molecule has 0 spiro atoms. The lowest BCUT2D eigenvalue weighted by Crippen LogP contribution is -1.97. The van der Waals surface area contributed by atoms with Gasteiger partial charge in [-0.05, 0) is 36.4 Å². The molecule has 0 saturated heterocycles. The summed E-state index contributed by atoms with van der Waals surface area (Å²) in [5, 5.41) is 0. The van der Waals surface area contributed by atoms with Gasteiger partial charge in [0.2, 0.25) is 0 Å². The number of benzene rings is 2. The van der Waals surface area contributed by atoms with Crippen LogP contribution in [0.5, 0.6) is 5.75 Å². The van der Waals surface area contributed by atoms with Gasteiger partial charge in [-0.15, -0.1) is 0 Å². The molecule has 2 aromatic rings. The summed E-state index contributed by atoms with van der Waals surface area (Å²) in [5.41, 5.74) is 1.58. The number of Topliss-reactive ketones (excluding diaryl/α,β-unsaturated/α-hetero) is 1. The van der Waals surface area contributed by atoms with Gasteiger partial charge in [-0.1, -0.05) is 30.0 Å². The first-order chi connectivity index (χ1) is 9.29. The first-order valence-corrected chi connectivity index (χ1v) is 6.01. The van der Waals surface area contributed by atoms with Crippen molar-refractivity contribution in [1.82, 2.24) is 0 Å². The number of hydrogen-bond acceptors (Lipinski definition) is 2. The molecule has 0 aliphatic rings. The molecule has 0 saturated carbocycles. The number of carbonyl (C=O) groups is 1. The average molecular weight is 250 g/mol. The number of ketones is 1. The van der Waals surface area contributed by atoms with Gasteiger partial charge in [-0.3, -0.25) is 4.79 Å². The van der Waals surface area contributed by atoms with Crippen molar-refractivity contribution in [2.45, 2.75) is 6.42 Å². The Kier molecular flexibility index (Phi) is 4.36. The summed E-state index contributed by atoms with van der Waals surface area (Å²) in [6.07, 6.45) is 0.223. The smallest absolute Gasteiger partial charge is 0.174 e. The van der Waals surface area contributed by atoms with Gasteiger partial charge in [0.25, 0.3) is 0 Å². The molecule has 94 valence electrons. The summed E-state index contributed by atoms with van der Waals surface area (Å²) in [7, 11) is 1.60. The molecule has 0 radical (unpaired) electrons. The van der Waals surface area contributed by atoms with Crippen molar-refractivity contribution in [3.05, 3.63) is 65.7 Å². The summed E-state index contributed by atoms with van der Waals surface area (Å²) < 4.78 is 5.05. The first-order valence-electron chi connectivity index (χ1n) is 6.01. The number of hydrogen-bond donors (Lipinski definition) is 0. The lowest BCUT2D eigenvalue weighted by Gasteiger charge is -2.00. The standard InChI is InChI=1S/C17H14O2/c1-19-16-12-10-15(11-13-16)17(18)9-5-8-14-6-3-2-4-7-14/h2-4,6-7,10-13H,9H2,1H3. The van der Waals surface area contributed by atoms with Crippen LogP contribution in [0.1, 0.15) is 22.3 Å². The quantitative estimate of drug-likeness (QED) is 0.617. The van der Waals surface area contributed by atoms with Crippen molar-refractivity contribution in [1.29, 1.82) is 0 Å². The fraction of sp³-hybridized carbons (Fsp3) is 0.118. The van der Waals surface area contributed by atoms with Crippen molar-refractivity contribution in [3.8, 4) is 17.6 Å². The molecule has 2 nitrogen and oxygen atoms in total. The van der Waals surface area contributed by atoms with Crippen LogP contribution in [0.4, 0.5) is 0 Å². The number of carbonyl (C=O) groups excluding carboxylic acids is 1. The maximum absolute atomic E-state index is 11.9. The Morgan fingerprint density at radius 3 is 2.37 bits per heavy atom. The zero-order valence-corrected chi connectivity index (χ0v) is 10.7. The molecule has 0 aliphatic carbocycles. The van der Waals surface area contributed by atoms with Crippen LogP contribution in [0.2, 0.25) is 0 Å². The minimum atomic E-state index is 0.0195. The molecule has 0 fully saturated rings. The lowest BCUT2D eigenvalue weighted by atomic mass is 10.1. The first kappa shape index (κ1) is 12.9. The second kappa shape index (κ2) is 6.42. The number of rotatable bonds is 3. The molecule has 0 atom stereocenters. The molecule has 0 N–H and O–H groups in total. The fourth-order valence-corrected chi connectivity index (χ4v) is 1.63. The normalized spacial score (nSPS) is 9.32. The summed E-state index contributed by atoms with van der Waals surface area (Å²) in [6, 6.07) is 16.7. The van der Waals surface area contributed by atoms with E-state index in [1.165, 1.54) is 0 Å². The lowest BCUT2D eigenvalue weighted by molar-refractivity contribution is 0.0998. The molecule has 0 bridgehead atoms. The van der Waals surface area contributed by atoms with Gasteiger partial charge in [-0.2, -0.15) is 0 Å². The Balaban J connectivity index is 2.00. The van der Waals surface area contributed by atoms with Crippen LogP contribution in [0.25, 0.3) is 0 Å². The van der Waals surface area contributed by atoms with Crippen LogP contribution in [0, 0.1) is 11.8 Å². The molecule has 0 aromatic heterocycles. The monoisotopic (exact) mass is 250 g/mol. The highest BCUT2D eigenvalue weighted by molar-refractivity contribution is 5.97. The Morgan fingerprint density at radius 2 is 1.74 bits per heavy atom. The molecule has 0 amide bonds. The van der Waals surface area contributed by atoms with E-state index in [2.05, 4.69) is 11.8 Å². The Labute approximate surface area is 113 Å². The van der Waals surface area contributed by atoms with E-state index in [4.69, 9.17) is 4.74 Å². The Morgan fingerprint density at radius 1 is 1.05 bits per heavy atom. The zero-order chi connectivity index (χ0) is 13.5. The third kappa shape index (κ3) is 3.72. The van der Waals surface area contributed by atoms with E-state index in [0.717, 1.165) is 11.3 Å². The van der Waals surface area contributed by atoms with Gasteiger partial charge in [0.1, 0.15) is 5.75 Å². The van der Waals surface area contributed by atoms with E-state index in [0.29, 0.717) is 5.56 Å². The molecular formula is C17H14O2. The van der Waals surface area contributed by atoms with Crippen LogP contribution < -0.4 is 4.74 Å². The van der Waals surface area contributed by atoms with Gasteiger partial charge in [0.05, 0.1) is 13.5 Å². The Bertz CT molecular complexity index is 601. The molecule has 2 aromatic carbocycles. The molecule has 0 aliphatic heterocycles. The predicted octanol–water partition coefficient (Wildman–Crippen LogP) is 3.32. The maximum atomic E-state index is 11.9. The molecular weight excluding hydrogens is 236 g/mol. The number of methoxy groups -OCH3 is 1. The molecule has 2 rings (SSSR count). The van der Waals surface area contributed by atoms with E-state index in [9.17, 15) is 4.79 Å². The highest BCUT2D eigenvalue weighted by Gasteiger charge is 2.03. The van der Waals surface area contributed by atoms with E-state index in [-0.39, 0.29) is 12.2 Å². The average Bonchev–Trinajstić information content (AvgIpc) is 2.48. The second-order valence-corrected chi connectivity index (χ2v) is 4.00. The molecule has 0 unspecified atom stereocenters. The van der Waals surface area contributed by atoms with Crippen LogP contribution >= 0.6 is 0 Å². The third-order valence-electron chi connectivity index (χ3n) is 2.67. The molecule has 0 heterocycles. The van der Waals surface area contributed by atoms with Gasteiger partial charge in [-0.25, -0.2) is 0 Å². The second-order valence-electron chi connectivity index (χ2n) is 4.00. The fourth-order valence-electron chi connectivity index (χ4n) is 1.63. The molecule has 2 heteroatoms. The summed E-state index contributed by atoms with van der Waals surface area (Å²) >= 11 is 0. The van der Waals surface area contributed by atoms with E-state index >= 15 is 0 Å². The third-order valence-corrected chi connectivity index (χ3v) is 2.67.